The van der Waals surface area contributed by atoms with Crippen molar-refractivity contribution >= 4 is 0 Å². The molecule has 2 unspecified atom stereocenters. The normalized spacial score (nSPS) is 15.0. The fraction of sp³-hybridized carbons (Fsp3) is 0.600. The van der Waals surface area contributed by atoms with E-state index in [1.165, 1.54) is 16.7 Å². The molecule has 2 N–H and O–H groups in total. The molecule has 0 saturated heterocycles. The molecule has 96 valence electrons. The molecule has 1 aromatic carbocycles. The van der Waals surface area contributed by atoms with Gasteiger partial charge in [-0.1, -0.05) is 37.6 Å². The zero-order valence-electron chi connectivity index (χ0n) is 11.7. The van der Waals surface area contributed by atoms with Crippen molar-refractivity contribution in [2.24, 2.45) is 11.7 Å². The number of hydrogen-bond donors (Lipinski definition) is 1. The Kier molecular flexibility index (Phi) is 5.16. The van der Waals surface area contributed by atoms with Crippen LogP contribution in [0.25, 0.3) is 0 Å². The van der Waals surface area contributed by atoms with E-state index in [1.54, 1.807) is 0 Å². The molecule has 0 aliphatic heterocycles. The Morgan fingerprint density at radius 2 is 1.82 bits per heavy atom. The Morgan fingerprint density at radius 1 is 1.18 bits per heavy atom. The van der Waals surface area contributed by atoms with Crippen molar-refractivity contribution in [2.75, 3.05) is 6.61 Å². The average molecular weight is 235 g/mol. The van der Waals surface area contributed by atoms with Crippen molar-refractivity contribution < 1.29 is 4.74 Å². The van der Waals surface area contributed by atoms with Crippen LogP contribution in [0, 0.1) is 19.8 Å². The second-order valence-corrected chi connectivity index (χ2v) is 5.25. The van der Waals surface area contributed by atoms with Gasteiger partial charge < -0.3 is 10.5 Å². The summed E-state index contributed by atoms with van der Waals surface area (Å²) in [4.78, 5) is 0. The number of ether oxygens (including phenoxy) is 1. The summed E-state index contributed by atoms with van der Waals surface area (Å²) in [6, 6.07) is 6.36. The molecular formula is C15H25NO. The van der Waals surface area contributed by atoms with Gasteiger partial charge in [0, 0.05) is 0 Å². The van der Waals surface area contributed by atoms with Gasteiger partial charge in [-0.25, -0.2) is 0 Å². The Balaban J connectivity index is 2.63. The number of nitrogens with two attached hydrogens (primary N) is 1. The van der Waals surface area contributed by atoms with Crippen molar-refractivity contribution in [2.45, 2.75) is 46.8 Å². The summed E-state index contributed by atoms with van der Waals surface area (Å²) < 4.78 is 5.79. The zero-order chi connectivity index (χ0) is 13.0. The maximum Gasteiger partial charge on any atom is 0.0663 e. The molecule has 17 heavy (non-hydrogen) atoms. The third kappa shape index (κ3) is 4.14. The second-order valence-electron chi connectivity index (χ2n) is 5.25. The van der Waals surface area contributed by atoms with Crippen LogP contribution in [-0.2, 0) is 4.74 Å². The van der Waals surface area contributed by atoms with Crippen LogP contribution in [0.1, 0.15) is 43.5 Å². The van der Waals surface area contributed by atoms with Gasteiger partial charge >= 0.3 is 0 Å². The van der Waals surface area contributed by atoms with Crippen molar-refractivity contribution in [3.05, 3.63) is 34.9 Å². The van der Waals surface area contributed by atoms with Gasteiger partial charge in [-0.05, 0) is 37.8 Å². The van der Waals surface area contributed by atoms with E-state index in [1.807, 2.05) is 0 Å². The molecule has 2 atom stereocenters. The lowest BCUT2D eigenvalue weighted by Crippen LogP contribution is -2.24. The molecule has 0 radical (unpaired) electrons. The minimum absolute atomic E-state index is 0.0314. The van der Waals surface area contributed by atoms with Crippen LogP contribution in [-0.4, -0.2) is 12.7 Å². The fourth-order valence-electron chi connectivity index (χ4n) is 1.70. The quantitative estimate of drug-likeness (QED) is 0.849. The van der Waals surface area contributed by atoms with E-state index in [2.05, 4.69) is 52.8 Å². The molecule has 0 heterocycles. The SMILES string of the molecule is Cc1ccc(C)c(C(N)COC(C)C(C)C)c1. The molecule has 1 rings (SSSR count). The van der Waals surface area contributed by atoms with E-state index >= 15 is 0 Å². The Morgan fingerprint density at radius 3 is 2.41 bits per heavy atom. The van der Waals surface area contributed by atoms with E-state index in [-0.39, 0.29) is 12.1 Å². The minimum atomic E-state index is -0.0314. The molecule has 0 amide bonds. The first kappa shape index (κ1) is 14.2. The molecule has 0 aliphatic rings. The van der Waals surface area contributed by atoms with E-state index < -0.39 is 0 Å². The molecule has 0 aromatic heterocycles. The van der Waals surface area contributed by atoms with Crippen LogP contribution >= 0.6 is 0 Å². The van der Waals surface area contributed by atoms with Crippen LogP contribution in [0.4, 0.5) is 0 Å². The van der Waals surface area contributed by atoms with Crippen molar-refractivity contribution in [1.82, 2.24) is 0 Å². The largest absolute Gasteiger partial charge is 0.376 e. The monoisotopic (exact) mass is 235 g/mol. The van der Waals surface area contributed by atoms with E-state index in [4.69, 9.17) is 10.5 Å². The van der Waals surface area contributed by atoms with Gasteiger partial charge in [0.05, 0.1) is 18.8 Å². The van der Waals surface area contributed by atoms with Crippen LogP contribution in [0.15, 0.2) is 18.2 Å². The Labute approximate surface area is 105 Å². The lowest BCUT2D eigenvalue weighted by atomic mass is 10.00. The van der Waals surface area contributed by atoms with Crippen LogP contribution in [0.3, 0.4) is 0 Å². The highest BCUT2D eigenvalue weighted by Crippen LogP contribution is 2.19. The van der Waals surface area contributed by atoms with Gasteiger partial charge in [-0.3, -0.25) is 0 Å². The number of hydrogen-bond acceptors (Lipinski definition) is 2. The zero-order valence-corrected chi connectivity index (χ0v) is 11.7. The molecule has 0 aliphatic carbocycles. The van der Waals surface area contributed by atoms with Crippen LogP contribution < -0.4 is 5.73 Å². The summed E-state index contributed by atoms with van der Waals surface area (Å²) in [6.07, 6.45) is 0.256. The van der Waals surface area contributed by atoms with Crippen molar-refractivity contribution in [1.29, 1.82) is 0 Å². The topological polar surface area (TPSA) is 35.2 Å². The van der Waals surface area contributed by atoms with E-state index in [9.17, 15) is 0 Å². The van der Waals surface area contributed by atoms with Crippen molar-refractivity contribution in [3.63, 3.8) is 0 Å². The molecule has 0 saturated carbocycles. The molecule has 2 nitrogen and oxygen atoms in total. The molecular weight excluding hydrogens is 210 g/mol. The van der Waals surface area contributed by atoms with Gasteiger partial charge in [0.1, 0.15) is 0 Å². The standard InChI is InChI=1S/C15H25NO/c1-10(2)13(5)17-9-15(16)14-8-11(3)6-7-12(14)4/h6-8,10,13,15H,9,16H2,1-5H3. The van der Waals surface area contributed by atoms with Gasteiger partial charge in [-0.2, -0.15) is 0 Å². The summed E-state index contributed by atoms with van der Waals surface area (Å²) in [5.41, 5.74) is 9.87. The number of aryl methyl sites for hydroxylation is 2. The Hall–Kier alpha value is -0.860. The molecule has 0 bridgehead atoms. The minimum Gasteiger partial charge on any atom is -0.376 e. The third-order valence-corrected chi connectivity index (χ3v) is 3.31. The molecule has 0 spiro atoms. The predicted molar refractivity (Wildman–Crippen MR) is 73.1 cm³/mol. The molecule has 2 heteroatoms. The molecule has 1 aromatic rings. The first-order valence-corrected chi connectivity index (χ1v) is 6.36. The van der Waals surface area contributed by atoms with Crippen LogP contribution in [0.2, 0.25) is 0 Å². The van der Waals surface area contributed by atoms with Gasteiger partial charge in [0.15, 0.2) is 0 Å². The first-order chi connectivity index (χ1) is 7.91. The second kappa shape index (κ2) is 6.18. The van der Waals surface area contributed by atoms with Gasteiger partial charge in [-0.15, -0.1) is 0 Å². The molecule has 0 fully saturated rings. The van der Waals surface area contributed by atoms with E-state index in [0.717, 1.165) is 0 Å². The summed E-state index contributed by atoms with van der Waals surface area (Å²) in [5.74, 6) is 0.529. The maximum absolute atomic E-state index is 6.19. The fourth-order valence-corrected chi connectivity index (χ4v) is 1.70. The lowest BCUT2D eigenvalue weighted by molar-refractivity contribution is 0.0271. The van der Waals surface area contributed by atoms with Gasteiger partial charge in [0.2, 0.25) is 0 Å². The third-order valence-electron chi connectivity index (χ3n) is 3.31. The first-order valence-electron chi connectivity index (χ1n) is 6.36. The number of benzene rings is 1. The summed E-state index contributed by atoms with van der Waals surface area (Å²) in [6.45, 7) is 11.2. The number of rotatable bonds is 5. The highest BCUT2D eigenvalue weighted by molar-refractivity contribution is 5.32. The smallest absolute Gasteiger partial charge is 0.0663 e. The lowest BCUT2D eigenvalue weighted by Gasteiger charge is -2.21. The van der Waals surface area contributed by atoms with Crippen LogP contribution in [0.5, 0.6) is 0 Å². The van der Waals surface area contributed by atoms with Crippen molar-refractivity contribution in [3.8, 4) is 0 Å². The highest BCUT2D eigenvalue weighted by atomic mass is 16.5. The predicted octanol–water partition coefficient (Wildman–Crippen LogP) is 3.36. The van der Waals surface area contributed by atoms with E-state index in [0.29, 0.717) is 12.5 Å². The summed E-state index contributed by atoms with van der Waals surface area (Å²) >= 11 is 0. The maximum atomic E-state index is 6.19. The summed E-state index contributed by atoms with van der Waals surface area (Å²) in [5, 5.41) is 0. The average Bonchev–Trinajstić information content (AvgIpc) is 2.28. The highest BCUT2D eigenvalue weighted by Gasteiger charge is 2.13. The van der Waals surface area contributed by atoms with Gasteiger partial charge in [0.25, 0.3) is 0 Å². The summed E-state index contributed by atoms with van der Waals surface area (Å²) in [7, 11) is 0. The Bertz CT molecular complexity index is 360.